The van der Waals surface area contributed by atoms with Crippen LogP contribution in [0.3, 0.4) is 0 Å². The lowest BCUT2D eigenvalue weighted by Gasteiger charge is -1.92. The molecule has 0 radical (unpaired) electrons. The van der Waals surface area contributed by atoms with Crippen LogP contribution in [0.2, 0.25) is 0 Å². The number of hydrogen-bond donors (Lipinski definition) is 2. The van der Waals surface area contributed by atoms with Crippen molar-refractivity contribution < 1.29 is 9.90 Å². The van der Waals surface area contributed by atoms with E-state index in [1.165, 1.54) is 6.08 Å². The molecule has 0 unspecified atom stereocenters. The van der Waals surface area contributed by atoms with Crippen molar-refractivity contribution in [3.63, 3.8) is 0 Å². The second-order valence-electron chi connectivity index (χ2n) is 2.23. The average molecular weight is 168 g/mol. The van der Waals surface area contributed by atoms with Gasteiger partial charge in [-0.15, -0.1) is 0 Å². The Hall–Kier alpha value is -1.42. The summed E-state index contributed by atoms with van der Waals surface area (Å²) in [5, 5.41) is 8.50. The van der Waals surface area contributed by atoms with Crippen LogP contribution in [0.15, 0.2) is 28.4 Å². The predicted molar refractivity (Wildman–Crippen MR) is 48.1 cm³/mol. The molecule has 66 valence electrons. The highest BCUT2D eigenvalue weighted by Crippen LogP contribution is 1.98. The monoisotopic (exact) mass is 168 g/mol. The predicted octanol–water partition coefficient (Wildman–Crippen LogP) is 0.560. The molecule has 4 nitrogen and oxygen atoms in total. The van der Waals surface area contributed by atoms with Crippen LogP contribution in [0.25, 0.3) is 0 Å². The molecule has 0 bridgehead atoms. The molecule has 4 heteroatoms. The Labute approximate surface area is 71.1 Å². The van der Waals surface area contributed by atoms with Gasteiger partial charge in [-0.05, 0) is 19.7 Å². The molecule has 0 aromatic rings. The van der Waals surface area contributed by atoms with Gasteiger partial charge in [0.15, 0.2) is 0 Å². The minimum atomic E-state index is -1.09. The minimum Gasteiger partial charge on any atom is -0.477 e. The van der Waals surface area contributed by atoms with E-state index in [9.17, 15) is 4.79 Å². The third-order valence-corrected chi connectivity index (χ3v) is 1.24. The minimum absolute atomic E-state index is 0.0807. The van der Waals surface area contributed by atoms with Gasteiger partial charge in [0, 0.05) is 6.54 Å². The Kier molecular flexibility index (Phi) is 4.64. The summed E-state index contributed by atoms with van der Waals surface area (Å²) >= 11 is 0. The molecule has 0 aromatic carbocycles. The first-order valence-corrected chi connectivity index (χ1v) is 3.39. The zero-order valence-electron chi connectivity index (χ0n) is 6.95. The molecule has 0 atom stereocenters. The summed E-state index contributed by atoms with van der Waals surface area (Å²) in [5.41, 5.74) is 6.09. The molecule has 0 rings (SSSR count). The van der Waals surface area contributed by atoms with Crippen molar-refractivity contribution >= 4 is 12.7 Å². The second-order valence-corrected chi connectivity index (χ2v) is 2.23. The molecule has 0 saturated carbocycles. The zero-order chi connectivity index (χ0) is 9.56. The van der Waals surface area contributed by atoms with Crippen LogP contribution in [0, 0.1) is 0 Å². The van der Waals surface area contributed by atoms with Gasteiger partial charge in [0.1, 0.15) is 5.70 Å². The van der Waals surface area contributed by atoms with Crippen LogP contribution in [-0.4, -0.2) is 24.3 Å². The zero-order valence-corrected chi connectivity index (χ0v) is 6.95. The van der Waals surface area contributed by atoms with E-state index in [0.717, 1.165) is 5.57 Å². The van der Waals surface area contributed by atoms with Crippen molar-refractivity contribution in [2.45, 2.75) is 6.92 Å². The first-order chi connectivity index (χ1) is 5.61. The Morgan fingerprint density at radius 2 is 2.25 bits per heavy atom. The van der Waals surface area contributed by atoms with Crippen LogP contribution >= 0.6 is 0 Å². The summed E-state index contributed by atoms with van der Waals surface area (Å²) in [4.78, 5) is 13.7. The van der Waals surface area contributed by atoms with Gasteiger partial charge in [-0.3, -0.25) is 4.99 Å². The Bertz CT molecular complexity index is 241. The summed E-state index contributed by atoms with van der Waals surface area (Å²) in [5.74, 6) is -1.09. The molecule has 0 heterocycles. The molecule has 3 N–H and O–H groups in total. The van der Waals surface area contributed by atoms with E-state index in [4.69, 9.17) is 10.8 Å². The van der Waals surface area contributed by atoms with Crippen molar-refractivity contribution in [3.8, 4) is 0 Å². The lowest BCUT2D eigenvalue weighted by molar-refractivity contribution is -0.132. The first kappa shape index (κ1) is 10.6. The fourth-order valence-electron chi connectivity index (χ4n) is 0.481. The maximum Gasteiger partial charge on any atom is 0.354 e. The number of nitrogens with zero attached hydrogens (tertiary/aromatic N) is 1. The van der Waals surface area contributed by atoms with Gasteiger partial charge < -0.3 is 10.8 Å². The van der Waals surface area contributed by atoms with E-state index in [1.807, 2.05) is 0 Å². The van der Waals surface area contributed by atoms with Crippen molar-refractivity contribution in [3.05, 3.63) is 23.4 Å². The van der Waals surface area contributed by atoms with Gasteiger partial charge in [-0.25, -0.2) is 4.79 Å². The van der Waals surface area contributed by atoms with E-state index in [-0.39, 0.29) is 5.70 Å². The first-order valence-electron chi connectivity index (χ1n) is 3.39. The van der Waals surface area contributed by atoms with Crippen LogP contribution in [0.1, 0.15) is 6.92 Å². The Morgan fingerprint density at radius 3 is 2.58 bits per heavy atom. The maximum absolute atomic E-state index is 10.4. The summed E-state index contributed by atoms with van der Waals surface area (Å²) in [6.45, 7) is 5.33. The Morgan fingerprint density at radius 1 is 1.67 bits per heavy atom. The topological polar surface area (TPSA) is 75.7 Å². The molecule has 0 amide bonds. The molecule has 0 aliphatic carbocycles. The highest BCUT2D eigenvalue weighted by Gasteiger charge is 2.00. The number of aliphatic imine (C=N–C) groups is 1. The van der Waals surface area contributed by atoms with Crippen molar-refractivity contribution in [2.75, 3.05) is 6.54 Å². The summed E-state index contributed by atoms with van der Waals surface area (Å²) in [6.07, 6.45) is 2.98. The number of allylic oxidation sites excluding steroid dienone is 2. The highest BCUT2D eigenvalue weighted by molar-refractivity contribution is 5.87. The van der Waals surface area contributed by atoms with Gasteiger partial charge in [-0.2, -0.15) is 0 Å². The smallest absolute Gasteiger partial charge is 0.354 e. The fraction of sp³-hybridized carbons (Fsp3) is 0.250. The van der Waals surface area contributed by atoms with Crippen molar-refractivity contribution in [2.24, 2.45) is 10.7 Å². The standard InChI is InChI=1S/C8H12N2O2/c1-6(5-9)3-4-7(10-2)8(11)12/h3-4H,2,5,9H2,1H3,(H,11,12). The number of hydrogen-bond acceptors (Lipinski definition) is 3. The molecule has 0 aliphatic heterocycles. The quantitative estimate of drug-likeness (QED) is 0.366. The van der Waals surface area contributed by atoms with Crippen LogP contribution in [0.5, 0.6) is 0 Å². The SMILES string of the molecule is C=NC(=CC=C(C)CN)C(=O)O. The van der Waals surface area contributed by atoms with Crippen LogP contribution in [-0.2, 0) is 4.79 Å². The van der Waals surface area contributed by atoms with E-state index >= 15 is 0 Å². The average Bonchev–Trinajstić information content (AvgIpc) is 2.04. The van der Waals surface area contributed by atoms with E-state index in [1.54, 1.807) is 13.0 Å². The van der Waals surface area contributed by atoms with Gasteiger partial charge in [0.2, 0.25) is 0 Å². The number of rotatable bonds is 4. The Balaban J connectivity index is 4.51. The van der Waals surface area contributed by atoms with Gasteiger partial charge in [0.05, 0.1) is 0 Å². The van der Waals surface area contributed by atoms with E-state index < -0.39 is 5.97 Å². The van der Waals surface area contributed by atoms with Crippen molar-refractivity contribution in [1.29, 1.82) is 0 Å². The van der Waals surface area contributed by atoms with Gasteiger partial charge >= 0.3 is 5.97 Å². The highest BCUT2D eigenvalue weighted by atomic mass is 16.4. The molecule has 0 aromatic heterocycles. The largest absolute Gasteiger partial charge is 0.477 e. The normalized spacial score (nSPS) is 12.8. The molecule has 0 aliphatic rings. The lowest BCUT2D eigenvalue weighted by atomic mass is 10.2. The number of nitrogens with two attached hydrogens (primary N) is 1. The lowest BCUT2D eigenvalue weighted by Crippen LogP contribution is -2.00. The maximum atomic E-state index is 10.4. The fourth-order valence-corrected chi connectivity index (χ4v) is 0.481. The molecule has 12 heavy (non-hydrogen) atoms. The van der Waals surface area contributed by atoms with E-state index in [2.05, 4.69) is 11.7 Å². The number of carbonyl (C=O) groups is 1. The third-order valence-electron chi connectivity index (χ3n) is 1.24. The van der Waals surface area contributed by atoms with Gasteiger partial charge in [-0.1, -0.05) is 11.6 Å². The third kappa shape index (κ3) is 3.68. The van der Waals surface area contributed by atoms with E-state index in [0.29, 0.717) is 6.54 Å². The van der Waals surface area contributed by atoms with Crippen LogP contribution in [0.4, 0.5) is 0 Å². The van der Waals surface area contributed by atoms with Gasteiger partial charge in [0.25, 0.3) is 0 Å². The molecular formula is C8H12N2O2. The van der Waals surface area contributed by atoms with Crippen LogP contribution < -0.4 is 5.73 Å². The summed E-state index contributed by atoms with van der Waals surface area (Å²) in [6, 6.07) is 0. The molecule has 0 saturated heterocycles. The molecule has 0 fully saturated rings. The van der Waals surface area contributed by atoms with Crippen molar-refractivity contribution in [1.82, 2.24) is 0 Å². The second kappa shape index (κ2) is 5.26. The summed E-state index contributed by atoms with van der Waals surface area (Å²) in [7, 11) is 0. The molecule has 0 spiro atoms. The number of aliphatic carboxylic acids is 1. The molecular weight excluding hydrogens is 156 g/mol. The number of carboxylic acid groups (broad SMARTS) is 1. The summed E-state index contributed by atoms with van der Waals surface area (Å²) < 4.78 is 0. The number of carboxylic acids is 1.